The predicted octanol–water partition coefficient (Wildman–Crippen LogP) is 4.57. The summed E-state index contributed by atoms with van der Waals surface area (Å²) in [6, 6.07) is 11.2. The van der Waals surface area contributed by atoms with Gasteiger partial charge in [0.05, 0.1) is 27.0 Å². The Morgan fingerprint density at radius 1 is 1.07 bits per heavy atom. The van der Waals surface area contributed by atoms with Crippen LogP contribution >= 0.6 is 11.3 Å². The fourth-order valence-electron chi connectivity index (χ4n) is 3.12. The number of carbonyl (C=O) groups is 1. The number of rotatable bonds is 6. The molecule has 0 atom stereocenters. The molecule has 2 heterocycles. The second kappa shape index (κ2) is 7.84. The molecule has 2 aromatic carbocycles. The fourth-order valence-corrected chi connectivity index (χ4v) is 3.83. The van der Waals surface area contributed by atoms with Gasteiger partial charge in [-0.05, 0) is 18.2 Å². The van der Waals surface area contributed by atoms with Gasteiger partial charge in [0.1, 0.15) is 0 Å². The summed E-state index contributed by atoms with van der Waals surface area (Å²) in [6.07, 6.45) is 1.92. The number of hydrogen-bond acceptors (Lipinski definition) is 6. The maximum atomic E-state index is 12.8. The molecule has 0 saturated heterocycles. The summed E-state index contributed by atoms with van der Waals surface area (Å²) >= 11 is 1.36. The number of hydrogen-bond donors (Lipinski definition) is 2. The van der Waals surface area contributed by atoms with E-state index in [2.05, 4.69) is 15.3 Å². The third-order valence-electron chi connectivity index (χ3n) is 4.52. The van der Waals surface area contributed by atoms with Gasteiger partial charge in [-0.1, -0.05) is 18.2 Å². The molecule has 0 aliphatic carbocycles. The molecule has 4 rings (SSSR count). The Morgan fingerprint density at radius 2 is 1.79 bits per heavy atom. The number of fused-ring (bicyclic) bond motifs is 1. The molecule has 7 nitrogen and oxygen atoms in total. The first-order chi connectivity index (χ1) is 14.1. The molecular weight excluding hydrogens is 390 g/mol. The van der Waals surface area contributed by atoms with E-state index in [1.807, 2.05) is 35.8 Å². The van der Waals surface area contributed by atoms with Gasteiger partial charge in [-0.3, -0.25) is 10.1 Å². The maximum Gasteiger partial charge on any atom is 0.257 e. The van der Waals surface area contributed by atoms with E-state index in [1.165, 1.54) is 32.7 Å². The number of methoxy groups -OCH3 is 3. The highest BCUT2D eigenvalue weighted by atomic mass is 32.1. The van der Waals surface area contributed by atoms with Crippen LogP contribution < -0.4 is 19.5 Å². The quantitative estimate of drug-likeness (QED) is 0.487. The van der Waals surface area contributed by atoms with Crippen LogP contribution in [0.25, 0.3) is 22.2 Å². The van der Waals surface area contributed by atoms with Gasteiger partial charge in [-0.15, -0.1) is 11.3 Å². The minimum Gasteiger partial charge on any atom is -0.493 e. The number of nitrogens with one attached hydrogen (secondary N) is 2. The van der Waals surface area contributed by atoms with Crippen LogP contribution in [0.2, 0.25) is 0 Å². The number of aromatic amines is 1. The summed E-state index contributed by atoms with van der Waals surface area (Å²) in [5.41, 5.74) is 3.21. The molecule has 0 saturated carbocycles. The molecule has 1 amide bonds. The van der Waals surface area contributed by atoms with E-state index < -0.39 is 0 Å². The molecule has 0 spiro atoms. The molecular formula is C21H19N3O4S. The lowest BCUT2D eigenvalue weighted by atomic mass is 10.1. The molecule has 0 aliphatic rings. The highest BCUT2D eigenvalue weighted by Crippen LogP contribution is 2.38. The minimum atomic E-state index is -0.316. The summed E-state index contributed by atoms with van der Waals surface area (Å²) in [7, 11) is 4.53. The third kappa shape index (κ3) is 3.50. The van der Waals surface area contributed by atoms with Crippen LogP contribution in [-0.2, 0) is 0 Å². The fraction of sp³-hybridized carbons (Fsp3) is 0.143. The lowest BCUT2D eigenvalue weighted by Gasteiger charge is -2.13. The van der Waals surface area contributed by atoms with Crippen molar-refractivity contribution < 1.29 is 19.0 Å². The van der Waals surface area contributed by atoms with E-state index in [4.69, 9.17) is 14.2 Å². The van der Waals surface area contributed by atoms with Crippen molar-refractivity contribution in [2.75, 3.05) is 26.6 Å². The van der Waals surface area contributed by atoms with Crippen molar-refractivity contribution in [2.45, 2.75) is 0 Å². The first-order valence-corrected chi connectivity index (χ1v) is 9.66. The van der Waals surface area contributed by atoms with Crippen LogP contribution in [0.1, 0.15) is 10.4 Å². The van der Waals surface area contributed by atoms with Gasteiger partial charge in [-0.2, -0.15) is 0 Å². The van der Waals surface area contributed by atoms with Crippen LogP contribution in [0.5, 0.6) is 17.2 Å². The Balaban J connectivity index is 1.60. The number of anilines is 1. The summed E-state index contributed by atoms with van der Waals surface area (Å²) in [6.45, 7) is 0. The standard InChI is InChI=1S/C21H19N3O4S/c1-26-17-8-12(9-18(27-2)19(17)28-3)20(25)24-21-23-16(11-29-21)14-10-22-15-7-5-4-6-13(14)15/h4-11,22H,1-3H3,(H,23,24,25). The number of amides is 1. The Hall–Kier alpha value is -3.52. The summed E-state index contributed by atoms with van der Waals surface area (Å²) in [5.74, 6) is 0.942. The minimum absolute atomic E-state index is 0.316. The zero-order valence-electron chi connectivity index (χ0n) is 16.1. The van der Waals surface area contributed by atoms with Crippen LogP contribution in [-0.4, -0.2) is 37.2 Å². The van der Waals surface area contributed by atoms with E-state index in [0.717, 1.165) is 22.2 Å². The van der Waals surface area contributed by atoms with Crippen molar-refractivity contribution in [3.8, 4) is 28.5 Å². The molecule has 2 N–H and O–H groups in total. The van der Waals surface area contributed by atoms with Gasteiger partial charge in [0.2, 0.25) is 5.75 Å². The Labute approximate surface area is 171 Å². The number of thiazole rings is 1. The predicted molar refractivity (Wildman–Crippen MR) is 113 cm³/mol. The molecule has 0 radical (unpaired) electrons. The first-order valence-electron chi connectivity index (χ1n) is 8.78. The van der Waals surface area contributed by atoms with Crippen molar-refractivity contribution in [3.63, 3.8) is 0 Å². The van der Waals surface area contributed by atoms with Gasteiger partial charge in [-0.25, -0.2) is 4.98 Å². The monoisotopic (exact) mass is 409 g/mol. The first kappa shape index (κ1) is 18.8. The largest absolute Gasteiger partial charge is 0.493 e. The number of para-hydroxylation sites is 1. The van der Waals surface area contributed by atoms with Crippen LogP contribution in [0.4, 0.5) is 5.13 Å². The maximum absolute atomic E-state index is 12.8. The highest BCUT2D eigenvalue weighted by molar-refractivity contribution is 7.14. The number of ether oxygens (including phenoxy) is 3. The summed E-state index contributed by atoms with van der Waals surface area (Å²) in [4.78, 5) is 20.6. The average molecular weight is 409 g/mol. The molecule has 29 heavy (non-hydrogen) atoms. The molecule has 8 heteroatoms. The van der Waals surface area contributed by atoms with Crippen LogP contribution in [0, 0.1) is 0 Å². The average Bonchev–Trinajstić information content (AvgIpc) is 3.39. The van der Waals surface area contributed by atoms with Crippen molar-refractivity contribution in [2.24, 2.45) is 0 Å². The van der Waals surface area contributed by atoms with Crippen molar-refractivity contribution in [3.05, 3.63) is 53.5 Å². The third-order valence-corrected chi connectivity index (χ3v) is 5.27. The molecule has 2 aromatic heterocycles. The van der Waals surface area contributed by atoms with Crippen molar-refractivity contribution in [1.82, 2.24) is 9.97 Å². The van der Waals surface area contributed by atoms with E-state index in [1.54, 1.807) is 12.1 Å². The molecule has 0 fully saturated rings. The smallest absolute Gasteiger partial charge is 0.257 e. The lowest BCUT2D eigenvalue weighted by molar-refractivity contribution is 0.102. The summed E-state index contributed by atoms with van der Waals surface area (Å²) in [5, 5.41) is 6.34. The van der Waals surface area contributed by atoms with Gasteiger partial charge in [0.15, 0.2) is 16.6 Å². The topological polar surface area (TPSA) is 85.5 Å². The zero-order valence-corrected chi connectivity index (χ0v) is 16.9. The number of benzene rings is 2. The second-order valence-electron chi connectivity index (χ2n) is 6.15. The van der Waals surface area contributed by atoms with E-state index in [9.17, 15) is 4.79 Å². The van der Waals surface area contributed by atoms with E-state index in [-0.39, 0.29) is 5.91 Å². The molecule has 0 bridgehead atoms. The second-order valence-corrected chi connectivity index (χ2v) is 7.01. The molecule has 4 aromatic rings. The van der Waals surface area contributed by atoms with Crippen LogP contribution in [0.15, 0.2) is 48.0 Å². The summed E-state index contributed by atoms with van der Waals surface area (Å²) < 4.78 is 15.9. The lowest BCUT2D eigenvalue weighted by Crippen LogP contribution is -2.12. The van der Waals surface area contributed by atoms with E-state index in [0.29, 0.717) is 27.9 Å². The van der Waals surface area contributed by atoms with Crippen LogP contribution in [0.3, 0.4) is 0 Å². The normalized spacial score (nSPS) is 10.7. The Morgan fingerprint density at radius 3 is 2.48 bits per heavy atom. The molecule has 148 valence electrons. The highest BCUT2D eigenvalue weighted by Gasteiger charge is 2.18. The Bertz CT molecular complexity index is 1160. The number of carbonyl (C=O) groups excluding carboxylic acids is 1. The Kier molecular flexibility index (Phi) is 5.09. The van der Waals surface area contributed by atoms with Gasteiger partial charge < -0.3 is 19.2 Å². The number of H-pyrrole nitrogens is 1. The zero-order chi connectivity index (χ0) is 20.4. The van der Waals surface area contributed by atoms with Gasteiger partial charge in [0.25, 0.3) is 5.91 Å². The van der Waals surface area contributed by atoms with E-state index >= 15 is 0 Å². The van der Waals surface area contributed by atoms with Gasteiger partial charge in [0, 0.05) is 33.6 Å². The molecule has 0 aliphatic heterocycles. The number of nitrogens with zero attached hydrogens (tertiary/aromatic N) is 1. The molecule has 0 unspecified atom stereocenters. The van der Waals surface area contributed by atoms with Crippen molar-refractivity contribution >= 4 is 33.3 Å². The SMILES string of the molecule is COc1cc(C(=O)Nc2nc(-c3c[nH]c4ccccc34)cs2)cc(OC)c1OC. The van der Waals surface area contributed by atoms with Crippen molar-refractivity contribution in [1.29, 1.82) is 0 Å². The number of aromatic nitrogens is 2. The van der Waals surface area contributed by atoms with Gasteiger partial charge >= 0.3 is 0 Å².